The minimum atomic E-state index is -1.06. The number of carboxylic acids is 1. The van der Waals surface area contributed by atoms with E-state index in [2.05, 4.69) is 11.9 Å². The summed E-state index contributed by atoms with van der Waals surface area (Å²) in [4.78, 5) is 26.0. The molecule has 31 heavy (non-hydrogen) atoms. The van der Waals surface area contributed by atoms with Gasteiger partial charge in [0.05, 0.1) is 29.3 Å². The number of thioether (sulfide) groups is 1. The number of fused-ring (bicyclic) bond motifs is 3. The Kier molecular flexibility index (Phi) is 5.57. The van der Waals surface area contributed by atoms with Crippen LogP contribution in [0.4, 0.5) is 5.69 Å². The number of aromatic carboxylic acids is 1. The van der Waals surface area contributed by atoms with Gasteiger partial charge < -0.3 is 15.2 Å². The third-order valence-electron chi connectivity index (χ3n) is 5.33. The number of para-hydroxylation sites is 1. The first-order valence-electron chi connectivity index (χ1n) is 9.72. The van der Waals surface area contributed by atoms with Crippen LogP contribution in [0.3, 0.4) is 0 Å². The summed E-state index contributed by atoms with van der Waals surface area (Å²) in [6.07, 6.45) is 5.45. The highest BCUT2D eigenvalue weighted by atomic mass is 32.2. The fourth-order valence-electron chi connectivity index (χ4n) is 3.78. The highest BCUT2D eigenvalue weighted by Gasteiger charge is 2.39. The lowest BCUT2D eigenvalue weighted by molar-refractivity contribution is 0.0697. The molecule has 1 aliphatic carbocycles. The maximum absolute atomic E-state index is 13.6. The van der Waals surface area contributed by atoms with E-state index in [9.17, 15) is 14.7 Å². The summed E-state index contributed by atoms with van der Waals surface area (Å²) in [6, 6.07) is 12.6. The average molecular weight is 432 g/mol. The normalized spacial score (nSPS) is 17.9. The molecule has 0 saturated carbocycles. The van der Waals surface area contributed by atoms with Crippen molar-refractivity contribution in [2.24, 2.45) is 0 Å². The van der Waals surface area contributed by atoms with Gasteiger partial charge in [0.25, 0.3) is 0 Å². The Morgan fingerprint density at radius 2 is 2.00 bits per heavy atom. The summed E-state index contributed by atoms with van der Waals surface area (Å²) in [7, 11) is 1.58. The average Bonchev–Trinajstić information content (AvgIpc) is 2.94. The number of ketones is 1. The Hall–Kier alpha value is -3.51. The first-order valence-corrected chi connectivity index (χ1v) is 10.6. The van der Waals surface area contributed by atoms with E-state index in [4.69, 9.17) is 4.74 Å². The van der Waals surface area contributed by atoms with Crippen LogP contribution in [-0.4, -0.2) is 29.2 Å². The SMILES string of the molecule is C=C/C(=C\C(=C/C)C1Sc2ccccc2NC2=C1C(=O)c1cc(C(=O)O)ccc12)OC. The minimum absolute atomic E-state index is 0.0915. The molecule has 0 bridgehead atoms. The summed E-state index contributed by atoms with van der Waals surface area (Å²) in [5.74, 6) is -0.636. The fraction of sp³-hybridized carbons (Fsp3) is 0.120. The largest absolute Gasteiger partial charge is 0.497 e. The van der Waals surface area contributed by atoms with Gasteiger partial charge in [-0.3, -0.25) is 4.79 Å². The first kappa shape index (κ1) is 20.8. The summed E-state index contributed by atoms with van der Waals surface area (Å²) < 4.78 is 5.38. The zero-order chi connectivity index (χ0) is 22.1. The Morgan fingerprint density at radius 3 is 2.68 bits per heavy atom. The number of nitrogens with one attached hydrogen (secondary N) is 1. The van der Waals surface area contributed by atoms with Crippen molar-refractivity contribution >= 4 is 34.9 Å². The molecule has 1 atom stereocenters. The molecule has 1 unspecified atom stereocenters. The number of Topliss-reactive ketones (excluding diaryl/α,β-unsaturated/α-hetero) is 1. The predicted octanol–water partition coefficient (Wildman–Crippen LogP) is 5.54. The van der Waals surface area contributed by atoms with Gasteiger partial charge in [-0.2, -0.15) is 0 Å². The molecular weight excluding hydrogens is 410 g/mol. The van der Waals surface area contributed by atoms with Gasteiger partial charge in [-0.15, -0.1) is 11.8 Å². The quantitative estimate of drug-likeness (QED) is 0.478. The second-order valence-corrected chi connectivity index (χ2v) is 8.19. The number of hydrogen-bond donors (Lipinski definition) is 2. The Labute approximate surface area is 184 Å². The smallest absolute Gasteiger partial charge is 0.335 e. The molecule has 2 aliphatic rings. The fourth-order valence-corrected chi connectivity index (χ4v) is 5.12. The Morgan fingerprint density at radius 1 is 1.23 bits per heavy atom. The highest BCUT2D eigenvalue weighted by Crippen LogP contribution is 2.48. The predicted molar refractivity (Wildman–Crippen MR) is 123 cm³/mol. The maximum Gasteiger partial charge on any atom is 0.335 e. The molecule has 2 aromatic carbocycles. The summed E-state index contributed by atoms with van der Waals surface area (Å²) >= 11 is 1.57. The van der Waals surface area contributed by atoms with E-state index in [1.54, 1.807) is 31.0 Å². The first-order chi connectivity index (χ1) is 15.0. The van der Waals surface area contributed by atoms with Gasteiger partial charge in [-0.05, 0) is 48.9 Å². The molecule has 0 saturated heterocycles. The number of anilines is 1. The number of ether oxygens (including phenoxy) is 1. The van der Waals surface area contributed by atoms with E-state index in [-0.39, 0.29) is 16.6 Å². The maximum atomic E-state index is 13.6. The molecule has 2 aromatic rings. The van der Waals surface area contributed by atoms with E-state index in [0.29, 0.717) is 28.2 Å². The van der Waals surface area contributed by atoms with Gasteiger partial charge in [0.2, 0.25) is 0 Å². The van der Waals surface area contributed by atoms with Crippen LogP contribution in [0.1, 0.15) is 33.2 Å². The second-order valence-electron chi connectivity index (χ2n) is 7.05. The molecule has 6 heteroatoms. The van der Waals surface area contributed by atoms with Crippen molar-refractivity contribution < 1.29 is 19.4 Å². The number of methoxy groups -OCH3 is 1. The van der Waals surface area contributed by atoms with Gasteiger partial charge in [0, 0.05) is 21.6 Å². The number of benzene rings is 2. The van der Waals surface area contributed by atoms with Gasteiger partial charge >= 0.3 is 5.97 Å². The monoisotopic (exact) mass is 431 g/mol. The lowest BCUT2D eigenvalue weighted by atomic mass is 9.99. The number of carbonyl (C=O) groups is 2. The number of rotatable bonds is 5. The Bertz CT molecular complexity index is 1210. The zero-order valence-corrected chi connectivity index (χ0v) is 18.0. The number of carbonyl (C=O) groups excluding carboxylic acids is 1. The van der Waals surface area contributed by atoms with Crippen molar-refractivity contribution in [1.29, 1.82) is 0 Å². The molecule has 1 heterocycles. The summed E-state index contributed by atoms with van der Waals surface area (Å²) in [5.41, 5.74) is 4.31. The van der Waals surface area contributed by atoms with Crippen molar-refractivity contribution in [2.45, 2.75) is 17.1 Å². The van der Waals surface area contributed by atoms with Crippen LogP contribution in [0.2, 0.25) is 0 Å². The van der Waals surface area contributed by atoms with Crippen LogP contribution < -0.4 is 5.32 Å². The topological polar surface area (TPSA) is 75.6 Å². The van der Waals surface area contributed by atoms with Crippen LogP contribution in [0.15, 0.2) is 89.1 Å². The Balaban J connectivity index is 1.92. The van der Waals surface area contributed by atoms with Gasteiger partial charge in [-0.1, -0.05) is 30.9 Å². The van der Waals surface area contributed by atoms with Crippen molar-refractivity contribution in [3.05, 3.63) is 101 Å². The number of hydrogen-bond acceptors (Lipinski definition) is 5. The van der Waals surface area contributed by atoms with E-state index in [1.165, 1.54) is 12.1 Å². The number of allylic oxidation sites excluding steroid dienone is 3. The molecule has 0 spiro atoms. The van der Waals surface area contributed by atoms with E-state index in [0.717, 1.165) is 16.2 Å². The summed E-state index contributed by atoms with van der Waals surface area (Å²) in [5, 5.41) is 12.5. The van der Waals surface area contributed by atoms with Crippen LogP contribution in [0.25, 0.3) is 5.70 Å². The molecule has 0 aromatic heterocycles. The molecular formula is C25H21NO4S. The third-order valence-corrected chi connectivity index (χ3v) is 6.68. The van der Waals surface area contributed by atoms with Gasteiger partial charge in [0.1, 0.15) is 5.76 Å². The highest BCUT2D eigenvalue weighted by molar-refractivity contribution is 8.00. The molecule has 156 valence electrons. The minimum Gasteiger partial charge on any atom is -0.497 e. The van der Waals surface area contributed by atoms with Crippen LogP contribution >= 0.6 is 11.8 Å². The third kappa shape index (κ3) is 3.59. The van der Waals surface area contributed by atoms with Gasteiger partial charge in [0.15, 0.2) is 5.78 Å². The molecule has 0 amide bonds. The number of carboxylic acid groups (broad SMARTS) is 1. The molecule has 0 radical (unpaired) electrons. The molecule has 1 aliphatic heterocycles. The lowest BCUT2D eigenvalue weighted by Crippen LogP contribution is -2.16. The second kappa shape index (κ2) is 8.32. The zero-order valence-electron chi connectivity index (χ0n) is 17.1. The van der Waals surface area contributed by atoms with Crippen molar-refractivity contribution in [1.82, 2.24) is 0 Å². The standard InChI is InChI=1S/C25H21NO4S/c1-4-14(12-16(5-2)30-3)24-21-22(26-19-8-6-7-9-20(19)31-24)17-11-10-15(25(28)29)13-18(17)23(21)27/h4-13,24,26H,2H2,1,3H3,(H,28,29)/b14-4+,16-12+. The van der Waals surface area contributed by atoms with E-state index >= 15 is 0 Å². The van der Waals surface area contributed by atoms with E-state index in [1.807, 2.05) is 43.3 Å². The van der Waals surface area contributed by atoms with Crippen LogP contribution in [0.5, 0.6) is 0 Å². The van der Waals surface area contributed by atoms with Crippen LogP contribution in [-0.2, 0) is 4.74 Å². The molecule has 5 nitrogen and oxygen atoms in total. The molecule has 0 fully saturated rings. The molecule has 4 rings (SSSR count). The van der Waals surface area contributed by atoms with Crippen molar-refractivity contribution in [2.75, 3.05) is 12.4 Å². The van der Waals surface area contributed by atoms with Gasteiger partial charge in [-0.25, -0.2) is 4.79 Å². The van der Waals surface area contributed by atoms with Crippen molar-refractivity contribution in [3.8, 4) is 0 Å². The van der Waals surface area contributed by atoms with Crippen LogP contribution in [0, 0.1) is 0 Å². The van der Waals surface area contributed by atoms with E-state index < -0.39 is 5.97 Å². The summed E-state index contributed by atoms with van der Waals surface area (Å²) in [6.45, 7) is 5.70. The molecule has 2 N–H and O–H groups in total. The van der Waals surface area contributed by atoms with Crippen molar-refractivity contribution in [3.63, 3.8) is 0 Å². The lowest BCUT2D eigenvalue weighted by Gasteiger charge is -2.19.